The first-order valence-electron chi connectivity index (χ1n) is 12.6. The van der Waals surface area contributed by atoms with Crippen LogP contribution in [0.25, 0.3) is 0 Å². The number of hydrogen-bond acceptors (Lipinski definition) is 10. The van der Waals surface area contributed by atoms with Gasteiger partial charge in [-0.1, -0.05) is 45.6 Å². The Labute approximate surface area is 217 Å². The lowest BCUT2D eigenvalue weighted by atomic mass is 10.0. The summed E-state index contributed by atoms with van der Waals surface area (Å²) < 4.78 is 25.8. The Balaban J connectivity index is 3.21. The molecule has 1 rings (SSSR count). The number of hydrogen-bond donors (Lipinski definition) is 2. The van der Waals surface area contributed by atoms with Crippen LogP contribution in [0.1, 0.15) is 78.7 Å². The van der Waals surface area contributed by atoms with Crippen LogP contribution in [0.2, 0.25) is 0 Å². The van der Waals surface area contributed by atoms with Gasteiger partial charge in [0.25, 0.3) is 5.72 Å². The Morgan fingerprint density at radius 2 is 1.43 bits per heavy atom. The second-order valence-corrected chi connectivity index (χ2v) is 8.80. The molecule has 0 amide bonds. The number of benzene rings is 1. The van der Waals surface area contributed by atoms with Gasteiger partial charge in [0.05, 0.1) is 13.2 Å². The maximum Gasteiger partial charge on any atom is 0.513 e. The second kappa shape index (κ2) is 16.4. The Bertz CT molecular complexity index is 901. The molecule has 0 aromatic heterocycles. The van der Waals surface area contributed by atoms with Crippen molar-refractivity contribution in [2.24, 2.45) is 0 Å². The topological polar surface area (TPSA) is 147 Å². The summed E-state index contributed by atoms with van der Waals surface area (Å²) in [7, 11) is 0. The third kappa shape index (κ3) is 12.0. The van der Waals surface area contributed by atoms with Gasteiger partial charge in [0.15, 0.2) is 11.5 Å². The quantitative estimate of drug-likeness (QED) is 0.0989. The molecule has 0 unspecified atom stereocenters. The maximum absolute atomic E-state index is 12.3. The van der Waals surface area contributed by atoms with E-state index in [9.17, 15) is 24.3 Å². The number of ether oxygens (including phenoxy) is 5. The van der Waals surface area contributed by atoms with E-state index in [-0.39, 0.29) is 37.2 Å². The van der Waals surface area contributed by atoms with Gasteiger partial charge in [0.2, 0.25) is 0 Å². The van der Waals surface area contributed by atoms with E-state index in [1.807, 2.05) is 13.8 Å². The highest BCUT2D eigenvalue weighted by atomic mass is 16.7. The molecule has 0 saturated heterocycles. The van der Waals surface area contributed by atoms with Gasteiger partial charge in [-0.15, -0.1) is 0 Å². The van der Waals surface area contributed by atoms with Gasteiger partial charge in [-0.25, -0.2) is 14.4 Å². The first kappa shape index (κ1) is 31.7. The third-order valence-electron chi connectivity index (χ3n) is 4.97. The average molecular weight is 526 g/mol. The molecule has 0 radical (unpaired) electrons. The van der Waals surface area contributed by atoms with Crippen molar-refractivity contribution in [1.82, 2.24) is 5.32 Å². The molecule has 1 aromatic carbocycles. The molecule has 1 aromatic rings. The van der Waals surface area contributed by atoms with Crippen LogP contribution in [-0.2, 0) is 30.2 Å². The summed E-state index contributed by atoms with van der Waals surface area (Å²) in [6.45, 7) is 8.85. The van der Waals surface area contributed by atoms with Crippen LogP contribution in [0.3, 0.4) is 0 Å². The lowest BCUT2D eigenvalue weighted by Gasteiger charge is -2.32. The van der Waals surface area contributed by atoms with E-state index in [4.69, 9.17) is 23.7 Å². The van der Waals surface area contributed by atoms with Gasteiger partial charge in [0.1, 0.15) is 0 Å². The predicted octanol–water partition coefficient (Wildman–Crippen LogP) is 4.98. The molecule has 0 aliphatic carbocycles. The van der Waals surface area contributed by atoms with E-state index < -0.39 is 30.0 Å². The highest BCUT2D eigenvalue weighted by molar-refractivity contribution is 5.81. The molecule has 0 heterocycles. The van der Waals surface area contributed by atoms with Gasteiger partial charge in [-0.05, 0) is 44.4 Å². The molecule has 0 fully saturated rings. The summed E-state index contributed by atoms with van der Waals surface area (Å²) in [5, 5.41) is 12.7. The minimum absolute atomic E-state index is 0.125. The number of rotatable bonds is 16. The Kier molecular flexibility index (Phi) is 14.1. The average Bonchev–Trinajstić information content (AvgIpc) is 2.80. The monoisotopic (exact) mass is 525 g/mol. The highest BCUT2D eigenvalue weighted by Gasteiger charge is 2.43. The van der Waals surface area contributed by atoms with Crippen molar-refractivity contribution in [2.75, 3.05) is 13.2 Å². The minimum Gasteiger partial charge on any atom is -0.477 e. The van der Waals surface area contributed by atoms with E-state index >= 15 is 0 Å². The molecule has 0 bridgehead atoms. The van der Waals surface area contributed by atoms with E-state index in [1.54, 1.807) is 13.8 Å². The van der Waals surface area contributed by atoms with Crippen LogP contribution in [0.4, 0.5) is 9.59 Å². The highest BCUT2D eigenvalue weighted by Crippen LogP contribution is 2.31. The molecule has 2 N–H and O–H groups in total. The molecule has 11 heteroatoms. The maximum atomic E-state index is 12.3. The van der Waals surface area contributed by atoms with Crippen molar-refractivity contribution in [3.63, 3.8) is 0 Å². The fourth-order valence-corrected chi connectivity index (χ4v) is 3.38. The zero-order valence-electron chi connectivity index (χ0n) is 22.3. The van der Waals surface area contributed by atoms with Crippen molar-refractivity contribution in [1.29, 1.82) is 0 Å². The molecule has 0 saturated carbocycles. The second-order valence-electron chi connectivity index (χ2n) is 8.80. The van der Waals surface area contributed by atoms with Crippen LogP contribution in [0.5, 0.6) is 11.5 Å². The number of carbonyl (C=O) groups is 4. The lowest BCUT2D eigenvalue weighted by Crippen LogP contribution is -2.59. The first-order chi connectivity index (χ1) is 17.5. The van der Waals surface area contributed by atoms with Crippen molar-refractivity contribution in [3.8, 4) is 11.5 Å². The number of nitrogens with one attached hydrogen (secondary N) is 1. The summed E-state index contributed by atoms with van der Waals surface area (Å²) in [6.07, 6.45) is 2.67. The number of esters is 1. The number of carboxylic acid groups (broad SMARTS) is 1. The normalized spacial score (nSPS) is 12.4. The summed E-state index contributed by atoms with van der Waals surface area (Å²) in [6, 6.07) is 3.76. The van der Waals surface area contributed by atoms with Gasteiger partial charge in [-0.2, -0.15) is 0 Å². The van der Waals surface area contributed by atoms with Crippen LogP contribution in [0.15, 0.2) is 18.2 Å². The molecule has 11 nitrogen and oxygen atoms in total. The smallest absolute Gasteiger partial charge is 0.477 e. The Hall–Kier alpha value is -3.34. The van der Waals surface area contributed by atoms with Crippen molar-refractivity contribution >= 4 is 24.2 Å². The lowest BCUT2D eigenvalue weighted by molar-refractivity contribution is -0.182. The fourth-order valence-electron chi connectivity index (χ4n) is 3.38. The van der Waals surface area contributed by atoms with E-state index in [0.717, 1.165) is 32.6 Å². The van der Waals surface area contributed by atoms with E-state index in [1.165, 1.54) is 18.2 Å². The van der Waals surface area contributed by atoms with Gasteiger partial charge >= 0.3 is 24.2 Å². The molecule has 1 atom stereocenters. The Morgan fingerprint density at radius 1 is 0.892 bits per heavy atom. The molecule has 208 valence electrons. The number of carboxylic acids is 1. The van der Waals surface area contributed by atoms with Crippen LogP contribution < -0.4 is 14.8 Å². The van der Waals surface area contributed by atoms with Crippen LogP contribution in [-0.4, -0.2) is 54.3 Å². The molecular weight excluding hydrogens is 486 g/mol. The largest absolute Gasteiger partial charge is 0.513 e. The van der Waals surface area contributed by atoms with Crippen LogP contribution in [0, 0.1) is 0 Å². The number of carbonyl (C=O) groups excluding carboxylic acids is 3. The van der Waals surface area contributed by atoms with Gasteiger partial charge in [0, 0.05) is 19.4 Å². The van der Waals surface area contributed by atoms with Gasteiger partial charge in [-0.3, -0.25) is 10.1 Å². The van der Waals surface area contributed by atoms with Crippen molar-refractivity contribution in [2.45, 2.75) is 91.3 Å². The third-order valence-corrected chi connectivity index (χ3v) is 4.97. The first-order valence-corrected chi connectivity index (χ1v) is 12.6. The zero-order valence-corrected chi connectivity index (χ0v) is 22.3. The fraction of sp³-hybridized carbons (Fsp3) is 0.615. The summed E-state index contributed by atoms with van der Waals surface area (Å²) in [4.78, 5) is 48.3. The van der Waals surface area contributed by atoms with E-state index in [2.05, 4.69) is 5.32 Å². The van der Waals surface area contributed by atoms with Crippen molar-refractivity contribution in [3.05, 3.63) is 23.8 Å². The summed E-state index contributed by atoms with van der Waals surface area (Å²) in [5.41, 5.74) is -1.77. The summed E-state index contributed by atoms with van der Waals surface area (Å²) in [5.74, 6) is -2.52. The SMILES string of the molecule is CCCCCOC(=O)Oc1ccc(C[C@](NC(C)C)(OC(C)=O)C(=O)O)cc1OC(=O)OCCCCC. The predicted molar refractivity (Wildman–Crippen MR) is 134 cm³/mol. The summed E-state index contributed by atoms with van der Waals surface area (Å²) >= 11 is 0. The molecule has 0 spiro atoms. The number of unbranched alkanes of at least 4 members (excludes halogenated alkanes) is 4. The molecular formula is C26H39NO10. The van der Waals surface area contributed by atoms with Crippen molar-refractivity contribution < 1.29 is 48.0 Å². The standard InChI is InChI=1S/C26H39NO10/c1-6-8-10-14-33-24(31)35-21-13-12-20(16-22(21)36-25(32)34-15-11-9-7-2)17-26(23(29)30,27-18(3)4)37-19(5)28/h12-13,16,18,27H,6-11,14-15,17H2,1-5H3,(H,29,30)/t26-/m0/s1. The Morgan fingerprint density at radius 3 is 1.89 bits per heavy atom. The molecule has 37 heavy (non-hydrogen) atoms. The molecule has 0 aliphatic heterocycles. The number of aliphatic carboxylic acids is 1. The minimum atomic E-state index is -2.08. The van der Waals surface area contributed by atoms with E-state index in [0.29, 0.717) is 18.4 Å². The molecule has 0 aliphatic rings. The van der Waals surface area contributed by atoms with Crippen LogP contribution >= 0.6 is 0 Å². The van der Waals surface area contributed by atoms with Gasteiger partial charge < -0.3 is 28.8 Å². The zero-order chi connectivity index (χ0) is 27.8.